The first-order chi connectivity index (χ1) is 18.7. The van der Waals surface area contributed by atoms with Crippen LogP contribution < -0.4 is 10.1 Å². The second kappa shape index (κ2) is 11.2. The Labute approximate surface area is 228 Å². The summed E-state index contributed by atoms with van der Waals surface area (Å²) in [5, 5.41) is 2.99. The van der Waals surface area contributed by atoms with Crippen molar-refractivity contribution in [3.8, 4) is 5.75 Å². The molecule has 0 aliphatic carbocycles. The van der Waals surface area contributed by atoms with E-state index in [2.05, 4.69) is 16.9 Å². The van der Waals surface area contributed by atoms with Crippen molar-refractivity contribution in [3.05, 3.63) is 60.4 Å². The fourth-order valence-corrected chi connectivity index (χ4v) is 6.79. The van der Waals surface area contributed by atoms with Gasteiger partial charge in [-0.1, -0.05) is 12.6 Å². The number of benzene rings is 1. The molecule has 10 nitrogen and oxygen atoms in total. The van der Waals surface area contributed by atoms with E-state index in [1.807, 2.05) is 29.7 Å². The highest BCUT2D eigenvalue weighted by Crippen LogP contribution is 2.36. The molecule has 2 aromatic heterocycles. The number of imidazole rings is 1. The van der Waals surface area contributed by atoms with Gasteiger partial charge in [-0.05, 0) is 69.4 Å². The molecule has 0 saturated carbocycles. The van der Waals surface area contributed by atoms with Gasteiger partial charge in [-0.2, -0.15) is 0 Å². The predicted octanol–water partition coefficient (Wildman–Crippen LogP) is 3.69. The van der Waals surface area contributed by atoms with Crippen LogP contribution in [0.5, 0.6) is 5.75 Å². The number of nitrogens with one attached hydrogen (secondary N) is 1. The van der Waals surface area contributed by atoms with Gasteiger partial charge in [0, 0.05) is 30.5 Å². The Bertz CT molecular complexity index is 1500. The highest BCUT2D eigenvalue weighted by Gasteiger charge is 2.30. The lowest BCUT2D eigenvalue weighted by atomic mass is 10.1. The summed E-state index contributed by atoms with van der Waals surface area (Å²) in [5.74, 6) is 0.690. The number of hydrogen-bond acceptors (Lipinski definition) is 7. The van der Waals surface area contributed by atoms with Gasteiger partial charge >= 0.3 is 0 Å². The zero-order valence-corrected chi connectivity index (χ0v) is 22.8. The fourth-order valence-electron chi connectivity index (χ4n) is 5.34. The van der Waals surface area contributed by atoms with E-state index in [-0.39, 0.29) is 35.5 Å². The fraction of sp³-hybridized carbons (Fsp3) is 0.429. The first kappa shape index (κ1) is 26.9. The average Bonchev–Trinajstić information content (AvgIpc) is 3.10. The molecule has 2 aliphatic rings. The third-order valence-corrected chi connectivity index (χ3v) is 9.07. The van der Waals surface area contributed by atoms with Gasteiger partial charge in [0.05, 0.1) is 23.1 Å². The Kier molecular flexibility index (Phi) is 7.69. The van der Waals surface area contributed by atoms with Crippen molar-refractivity contribution < 1.29 is 22.7 Å². The van der Waals surface area contributed by atoms with Crippen molar-refractivity contribution in [3.63, 3.8) is 0 Å². The Balaban J connectivity index is 1.56. The molecule has 3 aromatic rings. The number of carbonyl (C=O) groups is 2. The van der Waals surface area contributed by atoms with Crippen LogP contribution in [0.25, 0.3) is 11.0 Å². The highest BCUT2D eigenvalue weighted by molar-refractivity contribution is 7.91. The van der Waals surface area contributed by atoms with Crippen LogP contribution in [0.3, 0.4) is 0 Å². The van der Waals surface area contributed by atoms with Crippen molar-refractivity contribution in [2.45, 2.75) is 51.2 Å². The lowest BCUT2D eigenvalue weighted by Gasteiger charge is -2.27. The molecule has 4 heterocycles. The number of likely N-dealkylation sites (tertiary alicyclic amines) is 1. The van der Waals surface area contributed by atoms with E-state index in [1.54, 1.807) is 23.2 Å². The monoisotopic (exact) mass is 551 g/mol. The summed E-state index contributed by atoms with van der Waals surface area (Å²) in [6, 6.07) is 8.74. The number of pyridine rings is 1. The van der Waals surface area contributed by atoms with Crippen LogP contribution in [-0.4, -0.2) is 70.4 Å². The Morgan fingerprint density at radius 3 is 2.69 bits per heavy atom. The van der Waals surface area contributed by atoms with E-state index < -0.39 is 9.84 Å². The number of hydrogen-bond donors (Lipinski definition) is 1. The lowest BCUT2D eigenvalue weighted by Crippen LogP contribution is -2.34. The van der Waals surface area contributed by atoms with Crippen LogP contribution in [0.4, 0.5) is 5.95 Å². The molecule has 39 heavy (non-hydrogen) atoms. The SMILES string of the molecule is C=CC(=O)N1CCCCC(n2c(NC(=O)c3ccnc(C)c3)nc3cccc(OC4CCS(=O)(=O)CC4)c32)C1. The largest absolute Gasteiger partial charge is 0.488 e. The van der Waals surface area contributed by atoms with Crippen molar-refractivity contribution in [2.75, 3.05) is 29.9 Å². The molecule has 0 bridgehead atoms. The minimum absolute atomic E-state index is 0.0980. The van der Waals surface area contributed by atoms with Crippen LogP contribution in [0.1, 0.15) is 54.2 Å². The predicted molar refractivity (Wildman–Crippen MR) is 149 cm³/mol. The van der Waals surface area contributed by atoms with Gasteiger partial charge in [-0.15, -0.1) is 0 Å². The molecule has 2 fully saturated rings. The molecule has 11 heteroatoms. The van der Waals surface area contributed by atoms with Gasteiger partial charge in [0.15, 0.2) is 9.84 Å². The maximum atomic E-state index is 13.3. The number of ether oxygens (including phenoxy) is 1. The van der Waals surface area contributed by atoms with Crippen molar-refractivity contribution in [1.82, 2.24) is 19.4 Å². The summed E-state index contributed by atoms with van der Waals surface area (Å²) in [5.41, 5.74) is 2.54. The molecule has 1 unspecified atom stereocenters. The summed E-state index contributed by atoms with van der Waals surface area (Å²) < 4.78 is 32.3. The molecule has 2 aliphatic heterocycles. The number of aromatic nitrogens is 3. The molecular formula is C28H33N5O5S. The van der Waals surface area contributed by atoms with E-state index in [1.165, 1.54) is 6.08 Å². The summed E-state index contributed by atoms with van der Waals surface area (Å²) in [6.45, 7) is 6.54. The topological polar surface area (TPSA) is 123 Å². The number of para-hydroxylation sites is 1. The van der Waals surface area contributed by atoms with Gasteiger partial charge in [0.25, 0.3) is 5.91 Å². The van der Waals surface area contributed by atoms with Crippen LogP contribution >= 0.6 is 0 Å². The molecule has 0 spiro atoms. The molecule has 2 amide bonds. The number of sulfone groups is 1. The number of nitrogens with zero attached hydrogens (tertiary/aromatic N) is 4. The lowest BCUT2D eigenvalue weighted by molar-refractivity contribution is -0.126. The number of aryl methyl sites for hydroxylation is 1. The van der Waals surface area contributed by atoms with Crippen molar-refractivity contribution in [2.24, 2.45) is 0 Å². The number of anilines is 1. The van der Waals surface area contributed by atoms with Gasteiger partial charge in [-0.3, -0.25) is 19.9 Å². The summed E-state index contributed by atoms with van der Waals surface area (Å²) in [7, 11) is -3.03. The summed E-state index contributed by atoms with van der Waals surface area (Å²) in [6.07, 6.45) is 6.05. The first-order valence-corrected chi connectivity index (χ1v) is 15.1. The summed E-state index contributed by atoms with van der Waals surface area (Å²) >= 11 is 0. The normalized spacial score (nSPS) is 19.8. The van der Waals surface area contributed by atoms with Crippen LogP contribution in [0.15, 0.2) is 49.2 Å². The molecule has 1 N–H and O–H groups in total. The third kappa shape index (κ3) is 5.98. The molecule has 206 valence electrons. The molecular weight excluding hydrogens is 518 g/mol. The second-order valence-corrected chi connectivity index (χ2v) is 12.5. The number of carbonyl (C=O) groups excluding carboxylic acids is 2. The van der Waals surface area contributed by atoms with Gasteiger partial charge in [-0.25, -0.2) is 13.4 Å². The molecule has 0 radical (unpaired) electrons. The standard InChI is InChI=1S/C28H33N5O5S/c1-3-25(34)32-14-5-4-7-21(18-32)33-26-23(30-28(33)31-27(35)20-10-13-29-19(2)17-20)8-6-9-24(26)38-22-11-15-39(36,37)16-12-22/h3,6,8-10,13,17,21-22H,1,4-5,7,11-12,14-16,18H2,2H3,(H,30,31,35). The van der Waals surface area contributed by atoms with E-state index in [4.69, 9.17) is 9.72 Å². The zero-order chi connectivity index (χ0) is 27.6. The minimum atomic E-state index is -3.03. The molecule has 2 saturated heterocycles. The minimum Gasteiger partial charge on any atom is -0.488 e. The van der Waals surface area contributed by atoms with E-state index in [9.17, 15) is 18.0 Å². The van der Waals surface area contributed by atoms with Crippen molar-refractivity contribution >= 4 is 38.6 Å². The number of fused-ring (bicyclic) bond motifs is 1. The summed E-state index contributed by atoms with van der Waals surface area (Å²) in [4.78, 5) is 36.6. The Morgan fingerprint density at radius 2 is 1.95 bits per heavy atom. The van der Waals surface area contributed by atoms with Gasteiger partial charge < -0.3 is 14.2 Å². The Morgan fingerprint density at radius 1 is 1.15 bits per heavy atom. The van der Waals surface area contributed by atoms with Crippen LogP contribution in [0, 0.1) is 6.92 Å². The number of amides is 2. The van der Waals surface area contributed by atoms with E-state index >= 15 is 0 Å². The average molecular weight is 552 g/mol. The van der Waals surface area contributed by atoms with Gasteiger partial charge in [0.2, 0.25) is 11.9 Å². The maximum Gasteiger partial charge on any atom is 0.258 e. The number of rotatable bonds is 6. The smallest absolute Gasteiger partial charge is 0.258 e. The maximum absolute atomic E-state index is 13.3. The first-order valence-electron chi connectivity index (χ1n) is 13.3. The van der Waals surface area contributed by atoms with Crippen molar-refractivity contribution in [1.29, 1.82) is 0 Å². The van der Waals surface area contributed by atoms with Crippen LogP contribution in [0.2, 0.25) is 0 Å². The third-order valence-electron chi connectivity index (χ3n) is 7.35. The molecule has 1 atom stereocenters. The highest BCUT2D eigenvalue weighted by atomic mass is 32.2. The molecule has 5 rings (SSSR count). The Hall–Kier alpha value is -3.73. The van der Waals surface area contributed by atoms with Gasteiger partial charge in [0.1, 0.15) is 17.4 Å². The second-order valence-electron chi connectivity index (χ2n) is 10.2. The van der Waals surface area contributed by atoms with Crippen LogP contribution in [-0.2, 0) is 14.6 Å². The zero-order valence-electron chi connectivity index (χ0n) is 22.0. The van der Waals surface area contributed by atoms with E-state index in [0.717, 1.165) is 25.0 Å². The quantitative estimate of drug-likeness (QED) is 0.464. The molecule has 1 aromatic carbocycles. The van der Waals surface area contributed by atoms with E-state index in [0.29, 0.717) is 54.2 Å².